The summed E-state index contributed by atoms with van der Waals surface area (Å²) in [5.41, 5.74) is 4.77. The minimum atomic E-state index is -4.96. The minimum Gasteiger partial charge on any atom is -0.381 e. The summed E-state index contributed by atoms with van der Waals surface area (Å²) >= 11 is 0.806. The molecule has 1 aromatic heterocycles. The SMILES string of the molecule is CCN(C(c1ccc(F)cc1)C(F)(F)F)S(=O)(=O)c1ccc2nc(OC(N)=O)sc2c1. The number of nitrogens with zero attached hydrogens (tertiary/aromatic N) is 2. The second kappa shape index (κ2) is 8.40. The zero-order valence-electron chi connectivity index (χ0n) is 15.8. The molecule has 0 bridgehead atoms. The van der Waals surface area contributed by atoms with Crippen LogP contribution in [0.25, 0.3) is 10.2 Å². The van der Waals surface area contributed by atoms with Gasteiger partial charge >= 0.3 is 12.3 Å². The molecular weight excluding hydrogens is 462 g/mol. The smallest absolute Gasteiger partial charge is 0.381 e. The lowest BCUT2D eigenvalue weighted by atomic mass is 10.1. The Morgan fingerprint density at radius 1 is 1.23 bits per heavy atom. The molecule has 0 aliphatic rings. The van der Waals surface area contributed by atoms with Gasteiger partial charge < -0.3 is 10.5 Å². The van der Waals surface area contributed by atoms with Gasteiger partial charge in [0.15, 0.2) is 0 Å². The topological polar surface area (TPSA) is 103 Å². The number of carbonyl (C=O) groups excluding carboxylic acids is 1. The number of hydrogen-bond donors (Lipinski definition) is 1. The van der Waals surface area contributed by atoms with Crippen molar-refractivity contribution in [2.75, 3.05) is 6.54 Å². The third-order valence-electron chi connectivity index (χ3n) is 4.23. The third kappa shape index (κ3) is 4.78. The van der Waals surface area contributed by atoms with Crippen LogP contribution in [0.5, 0.6) is 5.19 Å². The molecule has 0 aliphatic carbocycles. The molecule has 2 N–H and O–H groups in total. The van der Waals surface area contributed by atoms with E-state index in [1.807, 2.05) is 0 Å². The van der Waals surface area contributed by atoms with Crippen molar-refractivity contribution in [2.24, 2.45) is 5.73 Å². The Morgan fingerprint density at radius 3 is 2.42 bits per heavy atom. The van der Waals surface area contributed by atoms with Gasteiger partial charge in [0.1, 0.15) is 11.9 Å². The largest absolute Gasteiger partial charge is 0.411 e. The Balaban J connectivity index is 2.07. The predicted octanol–water partition coefficient (Wildman–Crippen LogP) is 4.21. The van der Waals surface area contributed by atoms with Crippen LogP contribution in [-0.2, 0) is 10.0 Å². The number of alkyl halides is 3. The fraction of sp³-hybridized carbons (Fsp3) is 0.222. The van der Waals surface area contributed by atoms with E-state index in [0.717, 1.165) is 47.7 Å². The van der Waals surface area contributed by atoms with Crippen molar-refractivity contribution in [3.63, 3.8) is 0 Å². The number of aromatic nitrogens is 1. The second-order valence-corrected chi connectivity index (χ2v) is 9.12. The molecule has 1 atom stereocenters. The molecule has 0 radical (unpaired) electrons. The molecule has 0 saturated heterocycles. The average Bonchev–Trinajstić information content (AvgIpc) is 3.06. The van der Waals surface area contributed by atoms with E-state index in [-0.39, 0.29) is 15.4 Å². The van der Waals surface area contributed by atoms with Crippen LogP contribution >= 0.6 is 11.3 Å². The lowest BCUT2D eigenvalue weighted by molar-refractivity contribution is -0.173. The van der Waals surface area contributed by atoms with Crippen molar-refractivity contribution >= 4 is 37.7 Å². The van der Waals surface area contributed by atoms with Gasteiger partial charge in [-0.05, 0) is 35.9 Å². The number of nitrogens with two attached hydrogens (primary N) is 1. The van der Waals surface area contributed by atoms with Crippen molar-refractivity contribution in [3.8, 4) is 5.19 Å². The monoisotopic (exact) mass is 477 g/mol. The maximum Gasteiger partial charge on any atom is 0.411 e. The number of sulfonamides is 1. The van der Waals surface area contributed by atoms with Crippen LogP contribution in [-0.4, -0.2) is 36.5 Å². The first-order valence-electron chi connectivity index (χ1n) is 8.65. The summed E-state index contributed by atoms with van der Waals surface area (Å²) < 4.78 is 86.4. The number of halogens is 4. The van der Waals surface area contributed by atoms with E-state index in [1.54, 1.807) is 0 Å². The maximum atomic E-state index is 13.9. The van der Waals surface area contributed by atoms with E-state index in [4.69, 9.17) is 5.73 Å². The zero-order valence-corrected chi connectivity index (χ0v) is 17.4. The molecule has 0 spiro atoms. The number of primary amides is 1. The Kier molecular flexibility index (Phi) is 6.21. The quantitative estimate of drug-likeness (QED) is 0.536. The molecule has 0 fully saturated rings. The molecule has 0 saturated carbocycles. The lowest BCUT2D eigenvalue weighted by Gasteiger charge is -2.31. The van der Waals surface area contributed by atoms with Crippen LogP contribution in [0.1, 0.15) is 18.5 Å². The first-order chi connectivity index (χ1) is 14.4. The summed E-state index contributed by atoms with van der Waals surface area (Å²) in [7, 11) is -4.63. The summed E-state index contributed by atoms with van der Waals surface area (Å²) in [5.74, 6) is -0.750. The highest BCUT2D eigenvalue weighted by Gasteiger charge is 2.48. The highest BCUT2D eigenvalue weighted by molar-refractivity contribution is 7.89. The van der Waals surface area contributed by atoms with Crippen LogP contribution in [0.2, 0.25) is 0 Å². The van der Waals surface area contributed by atoms with Crippen LogP contribution in [0.4, 0.5) is 22.4 Å². The Morgan fingerprint density at radius 2 is 1.87 bits per heavy atom. The van der Waals surface area contributed by atoms with Crippen LogP contribution in [0.3, 0.4) is 0 Å². The lowest BCUT2D eigenvalue weighted by Crippen LogP contribution is -2.42. The molecule has 31 heavy (non-hydrogen) atoms. The fourth-order valence-electron chi connectivity index (χ4n) is 2.96. The number of benzene rings is 2. The van der Waals surface area contributed by atoms with Crippen LogP contribution in [0.15, 0.2) is 47.4 Å². The number of hydrogen-bond acceptors (Lipinski definition) is 6. The molecule has 2 aromatic carbocycles. The number of fused-ring (bicyclic) bond motifs is 1. The van der Waals surface area contributed by atoms with E-state index in [1.165, 1.54) is 13.0 Å². The van der Waals surface area contributed by atoms with Crippen molar-refractivity contribution in [1.82, 2.24) is 9.29 Å². The van der Waals surface area contributed by atoms with E-state index in [9.17, 15) is 30.8 Å². The van der Waals surface area contributed by atoms with Gasteiger partial charge in [-0.1, -0.05) is 30.4 Å². The molecule has 1 unspecified atom stereocenters. The van der Waals surface area contributed by atoms with Gasteiger partial charge in [0, 0.05) is 6.54 Å². The maximum absolute atomic E-state index is 13.9. The van der Waals surface area contributed by atoms with Gasteiger partial charge in [-0.2, -0.15) is 17.5 Å². The van der Waals surface area contributed by atoms with Gasteiger partial charge in [0.25, 0.3) is 5.19 Å². The van der Waals surface area contributed by atoms with Crippen molar-refractivity contribution in [2.45, 2.75) is 24.0 Å². The minimum absolute atomic E-state index is 0.135. The van der Waals surface area contributed by atoms with Crippen molar-refractivity contribution in [3.05, 3.63) is 53.8 Å². The molecule has 1 heterocycles. The Hall–Kier alpha value is -2.77. The first kappa shape index (κ1) is 22.9. The Labute approximate surface area is 178 Å². The second-order valence-electron chi connectivity index (χ2n) is 6.23. The highest BCUT2D eigenvalue weighted by atomic mass is 32.2. The third-order valence-corrected chi connectivity index (χ3v) is 7.06. The van der Waals surface area contributed by atoms with E-state index in [2.05, 4.69) is 9.72 Å². The van der Waals surface area contributed by atoms with E-state index >= 15 is 0 Å². The number of thiazole rings is 1. The highest BCUT2D eigenvalue weighted by Crippen LogP contribution is 2.41. The van der Waals surface area contributed by atoms with Crippen LogP contribution in [0, 0.1) is 5.82 Å². The standard InChI is InChI=1S/C18H15F4N3O4S2/c1-2-25(15(18(20,21)22)10-3-5-11(19)6-4-10)31(27,28)12-7-8-13-14(9-12)30-17(24-13)29-16(23)26/h3-9,15H,2H2,1H3,(H2,23,26). The predicted molar refractivity (Wildman–Crippen MR) is 105 cm³/mol. The van der Waals surface area contributed by atoms with Gasteiger partial charge in [0.2, 0.25) is 10.0 Å². The van der Waals surface area contributed by atoms with Crippen molar-refractivity contribution in [1.29, 1.82) is 0 Å². The number of rotatable bonds is 6. The summed E-state index contributed by atoms with van der Waals surface area (Å²) in [5, 5.41) is -0.135. The molecule has 0 aliphatic heterocycles. The fourth-order valence-corrected chi connectivity index (χ4v) is 5.54. The van der Waals surface area contributed by atoms with E-state index in [0.29, 0.717) is 4.31 Å². The van der Waals surface area contributed by atoms with Crippen LogP contribution < -0.4 is 10.5 Å². The molecule has 13 heteroatoms. The number of amides is 1. The molecule has 166 valence electrons. The van der Waals surface area contributed by atoms with Gasteiger partial charge in [-0.3, -0.25) is 0 Å². The molecule has 7 nitrogen and oxygen atoms in total. The summed E-state index contributed by atoms with van der Waals surface area (Å²) in [4.78, 5) is 14.4. The summed E-state index contributed by atoms with van der Waals surface area (Å²) in [6.07, 6.45) is -6.07. The zero-order chi connectivity index (χ0) is 23.0. The van der Waals surface area contributed by atoms with Gasteiger partial charge in [0.05, 0.1) is 15.1 Å². The average molecular weight is 477 g/mol. The molecular formula is C18H15F4N3O4S2. The normalized spacial score (nSPS) is 13.5. The van der Waals surface area contributed by atoms with Gasteiger partial charge in [-0.15, -0.1) is 0 Å². The summed E-state index contributed by atoms with van der Waals surface area (Å²) in [6, 6.07) is 4.45. The molecule has 1 amide bonds. The van der Waals surface area contributed by atoms with Gasteiger partial charge in [-0.25, -0.2) is 22.6 Å². The van der Waals surface area contributed by atoms with Crippen molar-refractivity contribution < 1.29 is 35.5 Å². The Bertz CT molecular complexity index is 1210. The molecule has 3 aromatic rings. The summed E-state index contributed by atoms with van der Waals surface area (Å²) in [6.45, 7) is 0.768. The number of carbonyl (C=O) groups is 1. The first-order valence-corrected chi connectivity index (χ1v) is 10.9. The number of ether oxygens (including phenoxy) is 1. The van der Waals surface area contributed by atoms with E-state index < -0.39 is 51.2 Å². The molecule has 3 rings (SSSR count).